The molecule has 0 aromatic heterocycles. The molecule has 1 nitrogen and oxygen atoms in total. The van der Waals surface area contributed by atoms with Gasteiger partial charge in [-0.15, -0.1) is 11.6 Å². The van der Waals surface area contributed by atoms with E-state index in [1.165, 1.54) is 5.56 Å². The van der Waals surface area contributed by atoms with Crippen LogP contribution in [0.25, 0.3) is 0 Å². The second kappa shape index (κ2) is 6.38. The molecule has 0 heterocycles. The lowest BCUT2D eigenvalue weighted by atomic mass is 9.99. The van der Waals surface area contributed by atoms with E-state index in [9.17, 15) is 0 Å². The molecular weight excluding hydrogens is 359 g/mol. The number of rotatable bonds is 3. The maximum Gasteiger partial charge on any atom is 0.125 e. The smallest absolute Gasteiger partial charge is 0.125 e. The van der Waals surface area contributed by atoms with Gasteiger partial charge in [0.15, 0.2) is 0 Å². The maximum atomic E-state index is 6.62. The summed E-state index contributed by atoms with van der Waals surface area (Å²) in [5, 5.41) is 0.336. The van der Waals surface area contributed by atoms with Gasteiger partial charge in [-0.05, 0) is 48.7 Å². The van der Waals surface area contributed by atoms with Gasteiger partial charge in [0.1, 0.15) is 5.75 Å². The van der Waals surface area contributed by atoms with Crippen LogP contribution < -0.4 is 4.74 Å². The third-order valence-electron chi connectivity index (χ3n) is 3.35. The molecular formula is C16H15BrCl2O. The highest BCUT2D eigenvalue weighted by atomic mass is 79.9. The average molecular weight is 374 g/mol. The Hall–Kier alpha value is -0.700. The van der Waals surface area contributed by atoms with E-state index < -0.39 is 0 Å². The van der Waals surface area contributed by atoms with Gasteiger partial charge in [0, 0.05) is 15.1 Å². The number of benzene rings is 2. The Bertz CT molecular complexity index is 641. The summed E-state index contributed by atoms with van der Waals surface area (Å²) >= 11 is 16.4. The van der Waals surface area contributed by atoms with Gasteiger partial charge < -0.3 is 4.74 Å². The summed E-state index contributed by atoms with van der Waals surface area (Å²) in [4.78, 5) is 0. The van der Waals surface area contributed by atoms with Crippen molar-refractivity contribution in [3.63, 3.8) is 0 Å². The van der Waals surface area contributed by atoms with Crippen LogP contribution >= 0.6 is 39.1 Å². The van der Waals surface area contributed by atoms with Crippen LogP contribution in [-0.2, 0) is 0 Å². The van der Waals surface area contributed by atoms with E-state index in [1.807, 2.05) is 37.3 Å². The minimum atomic E-state index is -0.343. The van der Waals surface area contributed by atoms with Crippen LogP contribution in [0.15, 0.2) is 34.8 Å². The zero-order valence-electron chi connectivity index (χ0n) is 11.5. The lowest BCUT2D eigenvalue weighted by Gasteiger charge is -2.17. The van der Waals surface area contributed by atoms with Crippen molar-refractivity contribution in [1.29, 1.82) is 0 Å². The summed E-state index contributed by atoms with van der Waals surface area (Å²) in [7, 11) is 1.64. The zero-order chi connectivity index (χ0) is 14.9. The number of methoxy groups -OCH3 is 1. The highest BCUT2D eigenvalue weighted by molar-refractivity contribution is 9.10. The van der Waals surface area contributed by atoms with Crippen LogP contribution in [0.1, 0.15) is 27.6 Å². The third kappa shape index (κ3) is 3.13. The quantitative estimate of drug-likeness (QED) is 0.594. The number of hydrogen-bond acceptors (Lipinski definition) is 1. The Morgan fingerprint density at radius 1 is 1.05 bits per heavy atom. The van der Waals surface area contributed by atoms with E-state index in [2.05, 4.69) is 22.9 Å². The standard InChI is InChI=1S/C16H15BrCl2O/c1-9-6-13(14(18)7-10(9)2)16(19)12-5-4-11(17)8-15(12)20-3/h4-8,16H,1-3H3. The van der Waals surface area contributed by atoms with Gasteiger partial charge in [0.2, 0.25) is 0 Å². The van der Waals surface area contributed by atoms with Crippen molar-refractivity contribution < 1.29 is 4.74 Å². The molecule has 0 amide bonds. The fourth-order valence-corrected chi connectivity index (χ4v) is 3.14. The zero-order valence-corrected chi connectivity index (χ0v) is 14.6. The number of ether oxygens (including phenoxy) is 1. The fraction of sp³-hybridized carbons (Fsp3) is 0.250. The molecule has 0 radical (unpaired) electrons. The monoisotopic (exact) mass is 372 g/mol. The summed E-state index contributed by atoms with van der Waals surface area (Å²) in [6, 6.07) is 9.79. The number of hydrogen-bond donors (Lipinski definition) is 0. The molecule has 1 atom stereocenters. The second-order valence-electron chi connectivity index (χ2n) is 4.71. The largest absolute Gasteiger partial charge is 0.496 e. The molecule has 2 aromatic rings. The van der Waals surface area contributed by atoms with E-state index >= 15 is 0 Å². The molecule has 4 heteroatoms. The first-order chi connectivity index (χ1) is 9.43. The Balaban J connectivity index is 2.51. The molecule has 0 fully saturated rings. The predicted octanol–water partition coefficient (Wildman–Crippen LogP) is 6.06. The van der Waals surface area contributed by atoms with E-state index in [0.29, 0.717) is 5.02 Å². The average Bonchev–Trinajstić information content (AvgIpc) is 2.42. The van der Waals surface area contributed by atoms with Gasteiger partial charge in [-0.1, -0.05) is 39.7 Å². The molecule has 1 unspecified atom stereocenters. The molecule has 0 saturated heterocycles. The predicted molar refractivity (Wildman–Crippen MR) is 89.3 cm³/mol. The lowest BCUT2D eigenvalue weighted by molar-refractivity contribution is 0.410. The Morgan fingerprint density at radius 3 is 2.35 bits per heavy atom. The Labute approximate surface area is 138 Å². The van der Waals surface area contributed by atoms with Gasteiger partial charge in [0.05, 0.1) is 12.5 Å². The van der Waals surface area contributed by atoms with Crippen molar-refractivity contribution in [2.24, 2.45) is 0 Å². The van der Waals surface area contributed by atoms with E-state index in [0.717, 1.165) is 26.9 Å². The molecule has 0 spiro atoms. The minimum Gasteiger partial charge on any atom is -0.496 e. The highest BCUT2D eigenvalue weighted by Gasteiger charge is 2.19. The lowest BCUT2D eigenvalue weighted by Crippen LogP contribution is -1.99. The topological polar surface area (TPSA) is 9.23 Å². The van der Waals surface area contributed by atoms with Crippen molar-refractivity contribution in [3.8, 4) is 5.75 Å². The van der Waals surface area contributed by atoms with Crippen LogP contribution in [0.2, 0.25) is 5.02 Å². The van der Waals surface area contributed by atoms with Gasteiger partial charge in [-0.3, -0.25) is 0 Å². The summed E-state index contributed by atoms with van der Waals surface area (Å²) in [5.41, 5.74) is 4.14. The van der Waals surface area contributed by atoms with Crippen molar-refractivity contribution >= 4 is 39.1 Å². The van der Waals surface area contributed by atoms with E-state index in [-0.39, 0.29) is 5.38 Å². The van der Waals surface area contributed by atoms with Gasteiger partial charge in [-0.25, -0.2) is 0 Å². The normalized spacial score (nSPS) is 12.3. The molecule has 0 aliphatic rings. The molecule has 0 N–H and O–H groups in total. The number of aryl methyl sites for hydroxylation is 2. The van der Waals surface area contributed by atoms with E-state index in [1.54, 1.807) is 7.11 Å². The van der Waals surface area contributed by atoms with Crippen LogP contribution in [0.3, 0.4) is 0 Å². The highest BCUT2D eigenvalue weighted by Crippen LogP contribution is 2.40. The van der Waals surface area contributed by atoms with Gasteiger partial charge >= 0.3 is 0 Å². The van der Waals surface area contributed by atoms with Crippen LogP contribution in [0, 0.1) is 13.8 Å². The van der Waals surface area contributed by atoms with Gasteiger partial charge in [-0.2, -0.15) is 0 Å². The molecule has 20 heavy (non-hydrogen) atoms. The summed E-state index contributed by atoms with van der Waals surface area (Å²) < 4.78 is 6.36. The Morgan fingerprint density at radius 2 is 1.70 bits per heavy atom. The van der Waals surface area contributed by atoms with Crippen LogP contribution in [0.5, 0.6) is 5.75 Å². The van der Waals surface area contributed by atoms with E-state index in [4.69, 9.17) is 27.9 Å². The summed E-state index contributed by atoms with van der Waals surface area (Å²) in [5.74, 6) is 0.744. The molecule has 0 bridgehead atoms. The fourth-order valence-electron chi connectivity index (χ4n) is 2.06. The first-order valence-corrected chi connectivity index (χ1v) is 7.79. The van der Waals surface area contributed by atoms with Crippen molar-refractivity contribution in [2.45, 2.75) is 19.2 Å². The van der Waals surface area contributed by atoms with Crippen molar-refractivity contribution in [3.05, 3.63) is 62.1 Å². The molecule has 0 saturated carbocycles. The second-order valence-corrected chi connectivity index (χ2v) is 6.47. The van der Waals surface area contributed by atoms with Crippen molar-refractivity contribution in [1.82, 2.24) is 0 Å². The summed E-state index contributed by atoms with van der Waals surface area (Å²) in [6.07, 6.45) is 0. The van der Waals surface area contributed by atoms with Gasteiger partial charge in [0.25, 0.3) is 0 Å². The summed E-state index contributed by atoms with van der Waals surface area (Å²) in [6.45, 7) is 4.09. The maximum absolute atomic E-state index is 6.62. The number of alkyl halides is 1. The molecule has 0 aliphatic carbocycles. The minimum absolute atomic E-state index is 0.343. The first-order valence-electron chi connectivity index (χ1n) is 6.18. The molecule has 106 valence electrons. The van der Waals surface area contributed by atoms with Crippen molar-refractivity contribution in [2.75, 3.05) is 7.11 Å². The first kappa shape index (κ1) is 15.7. The number of halogens is 3. The molecule has 2 rings (SSSR count). The molecule has 0 aliphatic heterocycles. The van der Waals surface area contributed by atoms with Crippen LogP contribution in [0.4, 0.5) is 0 Å². The Kier molecular flexibility index (Phi) is 5.00. The SMILES string of the molecule is COc1cc(Br)ccc1C(Cl)c1cc(C)c(C)cc1Cl. The molecule has 2 aromatic carbocycles. The van der Waals surface area contributed by atoms with Crippen LogP contribution in [-0.4, -0.2) is 7.11 Å². The third-order valence-corrected chi connectivity index (χ3v) is 4.65.